The number of aryl methyl sites for hydroxylation is 1. The maximum absolute atomic E-state index is 12.8. The molecule has 3 aromatic carbocycles. The summed E-state index contributed by atoms with van der Waals surface area (Å²) in [6.45, 7) is 2.84. The molecular weight excluding hydrogens is 406 g/mol. The summed E-state index contributed by atoms with van der Waals surface area (Å²) in [5.41, 5.74) is 3.90. The first kappa shape index (κ1) is 19.7. The number of carbonyl (C=O) groups excluding carboxylic acids is 2. The van der Waals surface area contributed by atoms with E-state index in [4.69, 9.17) is 9.47 Å². The van der Waals surface area contributed by atoms with Crippen LogP contribution in [0.5, 0.6) is 11.5 Å². The molecule has 5 rings (SSSR count). The van der Waals surface area contributed by atoms with Crippen molar-refractivity contribution in [3.63, 3.8) is 0 Å². The number of aromatic nitrogens is 1. The first-order valence-electron chi connectivity index (χ1n) is 10.3. The highest BCUT2D eigenvalue weighted by atomic mass is 16.6. The zero-order chi connectivity index (χ0) is 22.1. The lowest BCUT2D eigenvalue weighted by molar-refractivity contribution is 0.101. The molecule has 0 radical (unpaired) electrons. The second-order valence-corrected chi connectivity index (χ2v) is 7.57. The Morgan fingerprint density at radius 1 is 0.844 bits per heavy atom. The van der Waals surface area contributed by atoms with Gasteiger partial charge < -0.3 is 25.1 Å². The van der Waals surface area contributed by atoms with Crippen molar-refractivity contribution in [3.8, 4) is 11.5 Å². The lowest BCUT2D eigenvalue weighted by atomic mass is 10.1. The molecule has 0 aliphatic carbocycles. The molecule has 1 aliphatic rings. The highest BCUT2D eigenvalue weighted by Crippen LogP contribution is 2.31. The van der Waals surface area contributed by atoms with Crippen molar-refractivity contribution in [1.29, 1.82) is 0 Å². The Balaban J connectivity index is 1.33. The van der Waals surface area contributed by atoms with Crippen LogP contribution in [0.4, 0.5) is 11.4 Å². The van der Waals surface area contributed by atoms with Crippen LogP contribution >= 0.6 is 0 Å². The lowest BCUT2D eigenvalue weighted by Crippen LogP contribution is -2.17. The number of para-hydroxylation sites is 1. The van der Waals surface area contributed by atoms with Crippen LogP contribution in [0.3, 0.4) is 0 Å². The van der Waals surface area contributed by atoms with Gasteiger partial charge in [-0.25, -0.2) is 0 Å². The van der Waals surface area contributed by atoms with E-state index < -0.39 is 0 Å². The fourth-order valence-electron chi connectivity index (χ4n) is 3.61. The van der Waals surface area contributed by atoms with Crippen LogP contribution in [0.25, 0.3) is 10.9 Å². The molecule has 0 unspecified atom stereocenters. The summed E-state index contributed by atoms with van der Waals surface area (Å²) in [5.74, 6) is 0.655. The van der Waals surface area contributed by atoms with Gasteiger partial charge in [0.15, 0.2) is 11.5 Å². The van der Waals surface area contributed by atoms with Gasteiger partial charge in [0.05, 0.1) is 0 Å². The minimum absolute atomic E-state index is 0.250. The molecule has 0 saturated carbocycles. The quantitative estimate of drug-likeness (QED) is 0.438. The van der Waals surface area contributed by atoms with E-state index >= 15 is 0 Å². The number of H-pyrrole nitrogens is 1. The topological polar surface area (TPSA) is 92.4 Å². The van der Waals surface area contributed by atoms with E-state index in [0.29, 0.717) is 47.3 Å². The van der Waals surface area contributed by atoms with Crippen molar-refractivity contribution in [2.24, 2.45) is 0 Å². The van der Waals surface area contributed by atoms with Gasteiger partial charge in [-0.15, -0.1) is 0 Å². The number of ether oxygens (including phenoxy) is 2. The van der Waals surface area contributed by atoms with E-state index in [1.165, 1.54) is 0 Å². The number of fused-ring (bicyclic) bond motifs is 2. The van der Waals surface area contributed by atoms with Gasteiger partial charge in [0.1, 0.15) is 18.9 Å². The number of hydrogen-bond donors (Lipinski definition) is 3. The third-order valence-corrected chi connectivity index (χ3v) is 5.32. The predicted molar refractivity (Wildman–Crippen MR) is 123 cm³/mol. The molecule has 0 atom stereocenters. The molecule has 2 amide bonds. The van der Waals surface area contributed by atoms with Gasteiger partial charge in [-0.2, -0.15) is 0 Å². The Labute approximate surface area is 184 Å². The van der Waals surface area contributed by atoms with Crippen LogP contribution < -0.4 is 20.1 Å². The number of nitrogens with one attached hydrogen (secondary N) is 3. The second-order valence-electron chi connectivity index (χ2n) is 7.57. The molecule has 0 spiro atoms. The minimum Gasteiger partial charge on any atom is -0.486 e. The molecule has 0 saturated heterocycles. The number of carbonyl (C=O) groups is 2. The predicted octanol–water partition coefficient (Wildman–Crippen LogP) is 4.75. The maximum Gasteiger partial charge on any atom is 0.272 e. The number of rotatable bonds is 4. The minimum atomic E-state index is -0.279. The first-order chi connectivity index (χ1) is 15.6. The highest BCUT2D eigenvalue weighted by Gasteiger charge is 2.16. The number of benzene rings is 3. The molecule has 2 heterocycles. The summed E-state index contributed by atoms with van der Waals surface area (Å²) < 4.78 is 11.0. The van der Waals surface area contributed by atoms with Gasteiger partial charge >= 0.3 is 0 Å². The van der Waals surface area contributed by atoms with E-state index in [-0.39, 0.29) is 11.8 Å². The molecule has 1 aromatic heterocycles. The van der Waals surface area contributed by atoms with Crippen molar-refractivity contribution in [1.82, 2.24) is 4.98 Å². The van der Waals surface area contributed by atoms with E-state index in [9.17, 15) is 9.59 Å². The Morgan fingerprint density at radius 2 is 1.66 bits per heavy atom. The Morgan fingerprint density at radius 3 is 2.50 bits per heavy atom. The van der Waals surface area contributed by atoms with Crippen LogP contribution in [0.15, 0.2) is 66.7 Å². The summed E-state index contributed by atoms with van der Waals surface area (Å²) in [5, 5.41) is 6.76. The van der Waals surface area contributed by atoms with E-state index in [2.05, 4.69) is 15.6 Å². The molecule has 3 N–H and O–H groups in total. The van der Waals surface area contributed by atoms with E-state index in [1.807, 2.05) is 43.3 Å². The third-order valence-electron chi connectivity index (χ3n) is 5.32. The second kappa shape index (κ2) is 8.11. The van der Waals surface area contributed by atoms with E-state index in [0.717, 1.165) is 16.5 Å². The normalized spacial score (nSPS) is 12.4. The highest BCUT2D eigenvalue weighted by molar-refractivity contribution is 6.07. The zero-order valence-corrected chi connectivity index (χ0v) is 17.4. The molecular formula is C25H21N3O4. The molecule has 0 bridgehead atoms. The number of anilines is 2. The van der Waals surface area contributed by atoms with Gasteiger partial charge in [0.25, 0.3) is 11.8 Å². The Hall–Kier alpha value is -4.26. The molecule has 7 nitrogen and oxygen atoms in total. The standard InChI is InChI=1S/C25H21N3O4/c1-15-6-8-18(26-24(29)17-7-9-22-23(13-17)32-11-10-31-22)14-20(15)28-25(30)21-12-16-4-2-3-5-19(16)27-21/h2-9,12-14,27H,10-11H2,1H3,(H,26,29)(H,28,30). The molecule has 32 heavy (non-hydrogen) atoms. The lowest BCUT2D eigenvalue weighted by Gasteiger charge is -2.18. The van der Waals surface area contributed by atoms with Gasteiger partial charge in [-0.1, -0.05) is 24.3 Å². The maximum atomic E-state index is 12.8. The fourth-order valence-corrected chi connectivity index (χ4v) is 3.61. The van der Waals surface area contributed by atoms with Crippen LogP contribution in [-0.4, -0.2) is 30.0 Å². The number of hydrogen-bond acceptors (Lipinski definition) is 4. The van der Waals surface area contributed by atoms with Crippen molar-refractivity contribution in [2.45, 2.75) is 6.92 Å². The average molecular weight is 427 g/mol. The van der Waals surface area contributed by atoms with Crippen molar-refractivity contribution in [2.75, 3.05) is 23.8 Å². The smallest absolute Gasteiger partial charge is 0.272 e. The van der Waals surface area contributed by atoms with Crippen molar-refractivity contribution >= 4 is 34.1 Å². The molecule has 4 aromatic rings. The average Bonchev–Trinajstić information content (AvgIpc) is 3.25. The number of amides is 2. The number of aromatic amines is 1. The molecule has 1 aliphatic heterocycles. The van der Waals surface area contributed by atoms with Crippen LogP contribution in [0, 0.1) is 6.92 Å². The largest absolute Gasteiger partial charge is 0.486 e. The molecule has 0 fully saturated rings. The van der Waals surface area contributed by atoms with E-state index in [1.54, 1.807) is 30.3 Å². The van der Waals surface area contributed by atoms with Gasteiger partial charge in [-0.05, 0) is 55.0 Å². The summed E-state index contributed by atoms with van der Waals surface area (Å²) in [4.78, 5) is 28.6. The van der Waals surface area contributed by atoms with Gasteiger partial charge in [0, 0.05) is 27.8 Å². The zero-order valence-electron chi connectivity index (χ0n) is 17.4. The Kier molecular flexibility index (Phi) is 4.99. The summed E-state index contributed by atoms with van der Waals surface area (Å²) in [7, 11) is 0. The van der Waals surface area contributed by atoms with Crippen molar-refractivity contribution < 1.29 is 19.1 Å². The van der Waals surface area contributed by atoms with Crippen LogP contribution in [-0.2, 0) is 0 Å². The molecule has 160 valence electrons. The monoisotopic (exact) mass is 427 g/mol. The third kappa shape index (κ3) is 3.88. The van der Waals surface area contributed by atoms with Crippen LogP contribution in [0.1, 0.15) is 26.4 Å². The van der Waals surface area contributed by atoms with Crippen LogP contribution in [0.2, 0.25) is 0 Å². The first-order valence-corrected chi connectivity index (χ1v) is 10.3. The van der Waals surface area contributed by atoms with Crippen molar-refractivity contribution in [3.05, 3.63) is 83.6 Å². The van der Waals surface area contributed by atoms with Gasteiger partial charge in [0.2, 0.25) is 0 Å². The summed E-state index contributed by atoms with van der Waals surface area (Å²) >= 11 is 0. The SMILES string of the molecule is Cc1ccc(NC(=O)c2ccc3c(c2)OCCO3)cc1NC(=O)c1cc2ccccc2[nH]1. The fraction of sp³-hybridized carbons (Fsp3) is 0.120. The molecule has 7 heteroatoms. The summed E-state index contributed by atoms with van der Waals surface area (Å²) in [6.07, 6.45) is 0. The van der Waals surface area contributed by atoms with Gasteiger partial charge in [-0.3, -0.25) is 9.59 Å². The Bertz CT molecular complexity index is 1310. The summed E-state index contributed by atoms with van der Waals surface area (Å²) in [6, 6.07) is 20.0.